The van der Waals surface area contributed by atoms with Crippen molar-refractivity contribution in [1.29, 1.82) is 0 Å². The van der Waals surface area contributed by atoms with Crippen LogP contribution in [0.5, 0.6) is 0 Å². The van der Waals surface area contributed by atoms with Gasteiger partial charge < -0.3 is 9.84 Å². The summed E-state index contributed by atoms with van der Waals surface area (Å²) >= 11 is 0. The Morgan fingerprint density at radius 2 is 1.89 bits per heavy atom. The molecule has 1 aliphatic heterocycles. The summed E-state index contributed by atoms with van der Waals surface area (Å²) in [5, 5.41) is 9.06. The topological polar surface area (TPSA) is 78.9 Å². The number of hydrogen-bond donors (Lipinski definition) is 2. The molecule has 1 heterocycles. The van der Waals surface area contributed by atoms with E-state index in [-0.39, 0.29) is 18.8 Å². The molecule has 0 aliphatic carbocycles. The number of nitrogens with one attached hydrogen (secondary N) is 1. The van der Waals surface area contributed by atoms with Gasteiger partial charge in [-0.3, -0.25) is 0 Å². The van der Waals surface area contributed by atoms with Crippen LogP contribution in [-0.4, -0.2) is 55.3 Å². The molecule has 1 saturated heterocycles. The summed E-state index contributed by atoms with van der Waals surface area (Å²) < 4.78 is 34.5. The van der Waals surface area contributed by atoms with Gasteiger partial charge in [-0.15, -0.1) is 0 Å². The first-order valence-electron chi connectivity index (χ1n) is 6.78. The number of aliphatic hydroxyl groups is 1. The maximum absolute atomic E-state index is 12.4. The molecule has 6 nitrogen and oxygen atoms in total. The van der Waals surface area contributed by atoms with Crippen LogP contribution in [-0.2, 0) is 14.9 Å². The van der Waals surface area contributed by atoms with Crippen LogP contribution < -0.4 is 4.72 Å². The Morgan fingerprint density at radius 3 is 2.32 bits per heavy atom. The Bertz CT molecular complexity index is 377. The first kappa shape index (κ1) is 16.8. The zero-order valence-corrected chi connectivity index (χ0v) is 13.0. The van der Waals surface area contributed by atoms with Gasteiger partial charge in [-0.2, -0.15) is 17.4 Å². The van der Waals surface area contributed by atoms with Crippen molar-refractivity contribution in [2.45, 2.75) is 58.3 Å². The Morgan fingerprint density at radius 1 is 1.37 bits per heavy atom. The van der Waals surface area contributed by atoms with E-state index in [1.807, 2.05) is 27.7 Å². The fraction of sp³-hybridized carbons (Fsp3) is 1.00. The zero-order chi connectivity index (χ0) is 14.7. The number of hydrogen-bond acceptors (Lipinski definition) is 4. The summed E-state index contributed by atoms with van der Waals surface area (Å²) in [6.07, 6.45) is 0.817. The second-order valence-corrected chi connectivity index (χ2v) is 7.24. The van der Waals surface area contributed by atoms with Gasteiger partial charge in [0.05, 0.1) is 12.2 Å². The monoisotopic (exact) mass is 294 g/mol. The fourth-order valence-electron chi connectivity index (χ4n) is 2.25. The van der Waals surface area contributed by atoms with E-state index >= 15 is 0 Å². The minimum atomic E-state index is -3.55. The Hall–Kier alpha value is -0.210. The number of rotatable bonds is 6. The highest BCUT2D eigenvalue weighted by molar-refractivity contribution is 7.87. The lowest BCUT2D eigenvalue weighted by Crippen LogP contribution is -2.57. The van der Waals surface area contributed by atoms with Crippen molar-refractivity contribution in [1.82, 2.24) is 9.03 Å². The van der Waals surface area contributed by atoms with Crippen molar-refractivity contribution in [3.8, 4) is 0 Å². The van der Waals surface area contributed by atoms with Crippen LogP contribution in [0.2, 0.25) is 0 Å². The van der Waals surface area contributed by atoms with Crippen LogP contribution in [0.3, 0.4) is 0 Å². The van der Waals surface area contributed by atoms with Crippen LogP contribution >= 0.6 is 0 Å². The number of nitrogens with zero attached hydrogens (tertiary/aromatic N) is 1. The second kappa shape index (κ2) is 6.49. The number of aliphatic hydroxyl groups excluding tert-OH is 1. The molecule has 0 saturated carbocycles. The van der Waals surface area contributed by atoms with Crippen molar-refractivity contribution >= 4 is 10.2 Å². The SMILES string of the molecule is CCC(C)(CCO)NS(=O)(=O)N1CC(C)OC(C)C1. The molecule has 7 heteroatoms. The van der Waals surface area contributed by atoms with Crippen LogP contribution in [0.1, 0.15) is 40.5 Å². The van der Waals surface area contributed by atoms with E-state index in [0.29, 0.717) is 25.9 Å². The molecule has 1 rings (SSSR count). The van der Waals surface area contributed by atoms with Crippen molar-refractivity contribution < 1.29 is 18.3 Å². The van der Waals surface area contributed by atoms with E-state index in [1.165, 1.54) is 4.31 Å². The smallest absolute Gasteiger partial charge is 0.280 e. The van der Waals surface area contributed by atoms with Gasteiger partial charge in [-0.25, -0.2) is 0 Å². The molecule has 3 unspecified atom stereocenters. The molecular weight excluding hydrogens is 268 g/mol. The first-order valence-corrected chi connectivity index (χ1v) is 8.22. The van der Waals surface area contributed by atoms with Gasteiger partial charge in [0.15, 0.2) is 0 Å². The Labute approximate surface area is 116 Å². The average Bonchev–Trinajstić information content (AvgIpc) is 2.27. The molecule has 0 bridgehead atoms. The van der Waals surface area contributed by atoms with E-state index in [1.54, 1.807) is 0 Å². The highest BCUT2D eigenvalue weighted by Gasteiger charge is 2.35. The maximum Gasteiger partial charge on any atom is 0.280 e. The first-order chi connectivity index (χ1) is 8.72. The summed E-state index contributed by atoms with van der Waals surface area (Å²) in [6, 6.07) is 0. The molecular formula is C12H26N2O4S. The number of ether oxygens (including phenoxy) is 1. The molecule has 19 heavy (non-hydrogen) atoms. The van der Waals surface area contributed by atoms with Gasteiger partial charge >= 0.3 is 0 Å². The third-order valence-corrected chi connectivity index (χ3v) is 5.27. The molecule has 3 atom stereocenters. The molecule has 1 fully saturated rings. The van der Waals surface area contributed by atoms with Gasteiger partial charge in [0.1, 0.15) is 0 Å². The molecule has 0 aromatic carbocycles. The highest BCUT2D eigenvalue weighted by atomic mass is 32.2. The maximum atomic E-state index is 12.4. The lowest BCUT2D eigenvalue weighted by molar-refractivity contribution is -0.0446. The van der Waals surface area contributed by atoms with E-state index in [0.717, 1.165) is 0 Å². The summed E-state index contributed by atoms with van der Waals surface area (Å²) in [6.45, 7) is 8.13. The van der Waals surface area contributed by atoms with E-state index in [2.05, 4.69) is 4.72 Å². The van der Waals surface area contributed by atoms with Crippen molar-refractivity contribution in [2.75, 3.05) is 19.7 Å². The van der Waals surface area contributed by atoms with Crippen molar-refractivity contribution in [3.05, 3.63) is 0 Å². The molecule has 2 N–H and O–H groups in total. The largest absolute Gasteiger partial charge is 0.396 e. The van der Waals surface area contributed by atoms with E-state index < -0.39 is 15.7 Å². The van der Waals surface area contributed by atoms with Gasteiger partial charge in [0.2, 0.25) is 0 Å². The third kappa shape index (κ3) is 4.68. The van der Waals surface area contributed by atoms with Crippen LogP contribution in [0.4, 0.5) is 0 Å². The van der Waals surface area contributed by atoms with Gasteiger partial charge in [0.25, 0.3) is 10.2 Å². The normalized spacial score (nSPS) is 29.1. The molecule has 0 amide bonds. The van der Waals surface area contributed by atoms with Crippen molar-refractivity contribution in [2.24, 2.45) is 0 Å². The molecule has 0 aromatic rings. The van der Waals surface area contributed by atoms with Crippen LogP contribution in [0.25, 0.3) is 0 Å². The highest BCUT2D eigenvalue weighted by Crippen LogP contribution is 2.19. The van der Waals surface area contributed by atoms with E-state index in [4.69, 9.17) is 9.84 Å². The number of morpholine rings is 1. The summed E-state index contributed by atoms with van der Waals surface area (Å²) in [5.41, 5.74) is -0.613. The lowest BCUT2D eigenvalue weighted by Gasteiger charge is -2.37. The molecule has 114 valence electrons. The molecule has 1 aliphatic rings. The Balaban J connectivity index is 2.79. The lowest BCUT2D eigenvalue weighted by atomic mass is 9.97. The summed E-state index contributed by atoms with van der Waals surface area (Å²) in [5.74, 6) is 0. The van der Waals surface area contributed by atoms with Crippen LogP contribution in [0, 0.1) is 0 Å². The Kier molecular flexibility index (Phi) is 5.76. The second-order valence-electron chi connectivity index (χ2n) is 5.57. The zero-order valence-electron chi connectivity index (χ0n) is 12.2. The van der Waals surface area contributed by atoms with Crippen LogP contribution in [0.15, 0.2) is 0 Å². The quantitative estimate of drug-likeness (QED) is 0.747. The molecule has 0 aromatic heterocycles. The average molecular weight is 294 g/mol. The predicted molar refractivity (Wildman–Crippen MR) is 74.0 cm³/mol. The molecule has 0 radical (unpaired) electrons. The minimum Gasteiger partial charge on any atom is -0.396 e. The fourth-order valence-corrected chi connectivity index (χ4v) is 4.06. The molecule has 0 spiro atoms. The van der Waals surface area contributed by atoms with E-state index in [9.17, 15) is 8.42 Å². The van der Waals surface area contributed by atoms with Gasteiger partial charge in [0, 0.05) is 25.2 Å². The summed E-state index contributed by atoms with van der Waals surface area (Å²) in [4.78, 5) is 0. The van der Waals surface area contributed by atoms with Gasteiger partial charge in [-0.05, 0) is 33.6 Å². The van der Waals surface area contributed by atoms with Gasteiger partial charge in [-0.1, -0.05) is 6.92 Å². The predicted octanol–water partition coefficient (Wildman–Crippen LogP) is 0.481. The minimum absolute atomic E-state index is 0.0389. The third-order valence-electron chi connectivity index (χ3n) is 3.55. The summed E-state index contributed by atoms with van der Waals surface area (Å²) in [7, 11) is -3.55. The standard InChI is InChI=1S/C12H26N2O4S/c1-5-12(4,6-7-15)13-19(16,17)14-8-10(2)18-11(3)9-14/h10-11,13,15H,5-9H2,1-4H3. The van der Waals surface area contributed by atoms with Crippen molar-refractivity contribution in [3.63, 3.8) is 0 Å².